The van der Waals surface area contributed by atoms with E-state index in [0.29, 0.717) is 18.8 Å². The number of esters is 1. The standard InChI is InChI=1S/C13H18N2O4S/c1-3-18-11(16)7-9-15-8-5-6-10(15)12(20)14-13(17)19-4-2/h5-6,8H,3-4,7,9H2,1-2H3,(H,14,17,20). The van der Waals surface area contributed by atoms with Gasteiger partial charge in [0.1, 0.15) is 4.99 Å². The summed E-state index contributed by atoms with van der Waals surface area (Å²) in [4.78, 5) is 22.9. The number of carbonyl (C=O) groups is 2. The summed E-state index contributed by atoms with van der Waals surface area (Å²) in [6.45, 7) is 4.55. The van der Waals surface area contributed by atoms with Gasteiger partial charge in [-0.15, -0.1) is 0 Å². The fourth-order valence-corrected chi connectivity index (χ4v) is 1.85. The van der Waals surface area contributed by atoms with Crippen molar-refractivity contribution in [3.63, 3.8) is 0 Å². The van der Waals surface area contributed by atoms with Crippen molar-refractivity contribution in [2.75, 3.05) is 13.2 Å². The Morgan fingerprint density at radius 1 is 1.30 bits per heavy atom. The highest BCUT2D eigenvalue weighted by Crippen LogP contribution is 2.05. The molecule has 1 heterocycles. The van der Waals surface area contributed by atoms with Gasteiger partial charge >= 0.3 is 12.1 Å². The van der Waals surface area contributed by atoms with Crippen molar-refractivity contribution in [2.24, 2.45) is 0 Å². The third-order valence-corrected chi connectivity index (χ3v) is 2.73. The number of ether oxygens (including phenoxy) is 2. The average Bonchev–Trinajstić information content (AvgIpc) is 2.85. The minimum Gasteiger partial charge on any atom is -0.466 e. The van der Waals surface area contributed by atoms with Gasteiger partial charge in [-0.3, -0.25) is 10.1 Å². The largest absolute Gasteiger partial charge is 0.466 e. The molecule has 0 radical (unpaired) electrons. The Bertz CT molecular complexity index is 484. The van der Waals surface area contributed by atoms with Crippen molar-refractivity contribution in [2.45, 2.75) is 26.8 Å². The van der Waals surface area contributed by atoms with Crippen LogP contribution in [-0.2, 0) is 20.8 Å². The van der Waals surface area contributed by atoms with E-state index < -0.39 is 6.09 Å². The number of alkyl carbamates (subject to hydrolysis) is 1. The van der Waals surface area contributed by atoms with E-state index in [1.54, 1.807) is 36.7 Å². The Labute approximate surface area is 123 Å². The molecule has 1 N–H and O–H groups in total. The van der Waals surface area contributed by atoms with Crippen LogP contribution in [0, 0.1) is 0 Å². The van der Waals surface area contributed by atoms with E-state index in [2.05, 4.69) is 5.32 Å². The number of thiocarbonyl (C=S) groups is 1. The molecule has 0 saturated heterocycles. The van der Waals surface area contributed by atoms with Crippen LogP contribution in [0.2, 0.25) is 0 Å². The number of rotatable bonds is 6. The van der Waals surface area contributed by atoms with Crippen LogP contribution in [0.3, 0.4) is 0 Å². The molecule has 0 aliphatic carbocycles. The van der Waals surface area contributed by atoms with Crippen LogP contribution in [-0.4, -0.2) is 34.8 Å². The second kappa shape index (κ2) is 8.31. The molecule has 1 amide bonds. The zero-order chi connectivity index (χ0) is 15.0. The lowest BCUT2D eigenvalue weighted by molar-refractivity contribution is -0.143. The molecule has 110 valence electrons. The molecule has 1 aromatic rings. The van der Waals surface area contributed by atoms with Gasteiger partial charge in [0.05, 0.1) is 25.3 Å². The Morgan fingerprint density at radius 3 is 2.65 bits per heavy atom. The molecule has 0 aliphatic heterocycles. The van der Waals surface area contributed by atoms with Crippen molar-refractivity contribution in [1.82, 2.24) is 9.88 Å². The van der Waals surface area contributed by atoms with Crippen LogP contribution in [0.15, 0.2) is 18.3 Å². The van der Waals surface area contributed by atoms with Crippen LogP contribution in [0.1, 0.15) is 26.0 Å². The van der Waals surface area contributed by atoms with Crippen molar-refractivity contribution in [3.05, 3.63) is 24.0 Å². The zero-order valence-electron chi connectivity index (χ0n) is 11.5. The summed E-state index contributed by atoms with van der Waals surface area (Å²) in [5.74, 6) is -0.267. The number of amides is 1. The van der Waals surface area contributed by atoms with Crippen molar-refractivity contribution in [3.8, 4) is 0 Å². The maximum absolute atomic E-state index is 11.3. The summed E-state index contributed by atoms with van der Waals surface area (Å²) >= 11 is 5.13. The van der Waals surface area contributed by atoms with Crippen molar-refractivity contribution in [1.29, 1.82) is 0 Å². The first-order chi connectivity index (χ1) is 9.58. The number of carbonyl (C=O) groups excluding carboxylic acids is 2. The highest BCUT2D eigenvalue weighted by molar-refractivity contribution is 7.80. The van der Waals surface area contributed by atoms with Crippen LogP contribution in [0.25, 0.3) is 0 Å². The number of aryl methyl sites for hydroxylation is 1. The Morgan fingerprint density at radius 2 is 2.00 bits per heavy atom. The zero-order valence-corrected chi connectivity index (χ0v) is 12.4. The van der Waals surface area contributed by atoms with Crippen LogP contribution < -0.4 is 5.32 Å². The molecule has 0 bridgehead atoms. The van der Waals surface area contributed by atoms with Gasteiger partial charge in [-0.25, -0.2) is 4.79 Å². The predicted octanol–water partition coefficient (Wildman–Crippen LogP) is 1.86. The summed E-state index contributed by atoms with van der Waals surface area (Å²) in [7, 11) is 0. The second-order valence-electron chi connectivity index (χ2n) is 3.82. The minimum atomic E-state index is -0.587. The Kier molecular flexibility index (Phi) is 6.72. The molecule has 0 fully saturated rings. The molecule has 0 unspecified atom stereocenters. The maximum Gasteiger partial charge on any atom is 0.412 e. The normalized spacial score (nSPS) is 9.90. The van der Waals surface area contributed by atoms with Gasteiger partial charge in [-0.2, -0.15) is 0 Å². The first kappa shape index (κ1) is 16.2. The topological polar surface area (TPSA) is 69.6 Å². The molecule has 1 aromatic heterocycles. The maximum atomic E-state index is 11.3. The third-order valence-electron chi connectivity index (χ3n) is 2.42. The number of hydrogen-bond donors (Lipinski definition) is 1. The minimum absolute atomic E-state index is 0.248. The lowest BCUT2D eigenvalue weighted by Crippen LogP contribution is -2.31. The van der Waals surface area contributed by atoms with E-state index >= 15 is 0 Å². The first-order valence-electron chi connectivity index (χ1n) is 6.37. The van der Waals surface area contributed by atoms with Gasteiger partial charge in [0.15, 0.2) is 0 Å². The summed E-state index contributed by atoms with van der Waals surface area (Å²) in [6.07, 6.45) is 1.45. The van der Waals surface area contributed by atoms with Gasteiger partial charge < -0.3 is 14.0 Å². The average molecular weight is 298 g/mol. The molecular formula is C13H18N2O4S. The monoisotopic (exact) mass is 298 g/mol. The molecule has 0 aliphatic rings. The predicted molar refractivity (Wildman–Crippen MR) is 77.5 cm³/mol. The van der Waals surface area contributed by atoms with Crippen molar-refractivity contribution >= 4 is 29.3 Å². The molecule has 7 heteroatoms. The smallest absolute Gasteiger partial charge is 0.412 e. The van der Waals surface area contributed by atoms with E-state index in [0.717, 1.165) is 0 Å². The fraction of sp³-hybridized carbons (Fsp3) is 0.462. The Hall–Kier alpha value is -1.89. The van der Waals surface area contributed by atoms with Crippen molar-refractivity contribution < 1.29 is 19.1 Å². The van der Waals surface area contributed by atoms with E-state index in [4.69, 9.17) is 21.7 Å². The number of nitrogens with zero attached hydrogens (tertiary/aromatic N) is 1. The van der Waals surface area contributed by atoms with Crippen LogP contribution in [0.5, 0.6) is 0 Å². The van der Waals surface area contributed by atoms with E-state index in [1.807, 2.05) is 0 Å². The second-order valence-corrected chi connectivity index (χ2v) is 4.22. The number of hydrogen-bond acceptors (Lipinski definition) is 5. The molecule has 0 atom stereocenters. The van der Waals surface area contributed by atoms with E-state index in [1.165, 1.54) is 0 Å². The molecular weight excluding hydrogens is 280 g/mol. The van der Waals surface area contributed by atoms with Gasteiger partial charge in [0, 0.05) is 12.7 Å². The molecule has 20 heavy (non-hydrogen) atoms. The molecule has 0 aromatic carbocycles. The quantitative estimate of drug-likeness (QED) is 0.641. The summed E-state index contributed by atoms with van der Waals surface area (Å²) in [6, 6.07) is 3.55. The summed E-state index contributed by atoms with van der Waals surface area (Å²) in [5.41, 5.74) is 0.650. The highest BCUT2D eigenvalue weighted by Gasteiger charge is 2.12. The lowest BCUT2D eigenvalue weighted by atomic mass is 10.4. The Balaban J connectivity index is 2.59. The molecule has 1 rings (SSSR count). The summed E-state index contributed by atoms with van der Waals surface area (Å²) in [5, 5.41) is 2.47. The fourth-order valence-electron chi connectivity index (χ4n) is 1.58. The van der Waals surface area contributed by atoms with Gasteiger partial charge in [-0.1, -0.05) is 12.2 Å². The molecule has 0 saturated carbocycles. The van der Waals surface area contributed by atoms with Gasteiger partial charge in [-0.05, 0) is 26.0 Å². The summed E-state index contributed by atoms with van der Waals surface area (Å²) < 4.78 is 11.4. The van der Waals surface area contributed by atoms with Gasteiger partial charge in [0.2, 0.25) is 0 Å². The number of nitrogens with one attached hydrogen (secondary N) is 1. The van der Waals surface area contributed by atoms with E-state index in [-0.39, 0.29) is 24.0 Å². The van der Waals surface area contributed by atoms with E-state index in [9.17, 15) is 9.59 Å². The third kappa shape index (κ3) is 5.00. The lowest BCUT2D eigenvalue weighted by Gasteiger charge is -2.11. The number of aromatic nitrogens is 1. The SMILES string of the molecule is CCOC(=O)CCn1cccc1C(=S)NC(=O)OCC. The van der Waals surface area contributed by atoms with Gasteiger partial charge in [0.25, 0.3) is 0 Å². The molecule has 6 nitrogen and oxygen atoms in total. The first-order valence-corrected chi connectivity index (χ1v) is 6.78. The molecule has 0 spiro atoms. The van der Waals surface area contributed by atoms with Crippen LogP contribution >= 0.6 is 12.2 Å². The highest BCUT2D eigenvalue weighted by atomic mass is 32.1. The van der Waals surface area contributed by atoms with Crippen LogP contribution in [0.4, 0.5) is 4.79 Å².